The van der Waals surface area contributed by atoms with Crippen LogP contribution in [0.25, 0.3) is 0 Å². The van der Waals surface area contributed by atoms with Gasteiger partial charge in [-0.1, -0.05) is 29.8 Å². The Kier molecular flexibility index (Phi) is 7.06. The van der Waals surface area contributed by atoms with Crippen molar-refractivity contribution in [1.29, 1.82) is 0 Å². The highest BCUT2D eigenvalue weighted by Gasteiger charge is 2.51. The summed E-state index contributed by atoms with van der Waals surface area (Å²) in [6, 6.07) is 13.1. The molecule has 1 spiro atoms. The quantitative estimate of drug-likeness (QED) is 0.661. The number of ether oxygens (including phenoxy) is 1. The molecule has 0 unspecified atom stereocenters. The molecule has 166 valence electrons. The number of halogens is 3. The van der Waals surface area contributed by atoms with Crippen LogP contribution in [0.1, 0.15) is 32.7 Å². The molecule has 1 N–H and O–H groups in total. The normalized spacial score (nSPS) is 21.9. The van der Waals surface area contributed by atoms with Crippen LogP contribution >= 0.6 is 36.4 Å². The van der Waals surface area contributed by atoms with Crippen LogP contribution in [-0.4, -0.2) is 56.0 Å². The minimum Gasteiger partial charge on any atom is -0.449 e. The first-order valence-corrected chi connectivity index (χ1v) is 10.3. The summed E-state index contributed by atoms with van der Waals surface area (Å²) in [4.78, 5) is 29.4. The maximum atomic E-state index is 13.2. The van der Waals surface area contributed by atoms with Gasteiger partial charge in [0.2, 0.25) is 0 Å². The van der Waals surface area contributed by atoms with E-state index in [4.69, 9.17) is 16.3 Å². The van der Waals surface area contributed by atoms with E-state index in [0.717, 1.165) is 37.4 Å². The van der Waals surface area contributed by atoms with Gasteiger partial charge in [-0.05, 0) is 24.3 Å². The number of esters is 1. The number of likely N-dealkylation sites (tertiary alicyclic amines) is 1. The summed E-state index contributed by atoms with van der Waals surface area (Å²) in [6.45, 7) is 4.59. The van der Waals surface area contributed by atoms with E-state index in [1.54, 1.807) is 11.0 Å². The Hall–Kier alpha value is -1.99. The van der Waals surface area contributed by atoms with Crippen molar-refractivity contribution in [2.24, 2.45) is 0 Å². The first-order chi connectivity index (χ1) is 14.1. The Bertz CT molecular complexity index is 997. The van der Waals surface area contributed by atoms with E-state index in [2.05, 4.69) is 10.2 Å². The molecule has 0 saturated carbocycles. The van der Waals surface area contributed by atoms with Crippen LogP contribution in [-0.2, 0) is 10.3 Å². The summed E-state index contributed by atoms with van der Waals surface area (Å²) in [5.74, 6) is -0.438. The number of benzene rings is 2. The third-order valence-corrected chi connectivity index (χ3v) is 6.42. The molecule has 1 atom stereocenters. The van der Waals surface area contributed by atoms with E-state index in [1.807, 2.05) is 36.4 Å². The molecule has 3 aliphatic rings. The number of amides is 1. The topological polar surface area (TPSA) is 61.9 Å². The van der Waals surface area contributed by atoms with E-state index in [9.17, 15) is 9.59 Å². The monoisotopic (exact) mass is 483 g/mol. The summed E-state index contributed by atoms with van der Waals surface area (Å²) in [5.41, 5.74) is 2.25. The number of anilines is 1. The zero-order valence-corrected chi connectivity index (χ0v) is 19.2. The molecule has 31 heavy (non-hydrogen) atoms. The second kappa shape index (κ2) is 9.25. The van der Waals surface area contributed by atoms with E-state index in [0.29, 0.717) is 35.7 Å². The van der Waals surface area contributed by atoms with Gasteiger partial charge in [-0.2, -0.15) is 0 Å². The van der Waals surface area contributed by atoms with Crippen LogP contribution in [0.2, 0.25) is 5.02 Å². The van der Waals surface area contributed by atoms with Crippen LogP contribution in [0.4, 0.5) is 5.69 Å². The van der Waals surface area contributed by atoms with Crippen LogP contribution < -0.4 is 10.2 Å². The lowest BCUT2D eigenvalue weighted by atomic mass is 9.91. The summed E-state index contributed by atoms with van der Waals surface area (Å²) in [6.07, 6.45) is 0.595. The van der Waals surface area contributed by atoms with Crippen LogP contribution in [0, 0.1) is 0 Å². The van der Waals surface area contributed by atoms with Crippen molar-refractivity contribution in [3.05, 3.63) is 64.2 Å². The van der Waals surface area contributed by atoms with E-state index < -0.39 is 5.60 Å². The second-order valence-electron chi connectivity index (χ2n) is 7.81. The lowest BCUT2D eigenvalue weighted by Gasteiger charge is -2.30. The lowest BCUT2D eigenvalue weighted by Crippen LogP contribution is -2.43. The number of fused-ring (bicyclic) bond motifs is 2. The van der Waals surface area contributed by atoms with Gasteiger partial charge in [-0.3, -0.25) is 4.79 Å². The van der Waals surface area contributed by atoms with Crippen LogP contribution in [0.5, 0.6) is 0 Å². The molecule has 1 amide bonds. The van der Waals surface area contributed by atoms with Gasteiger partial charge in [0.15, 0.2) is 5.60 Å². The van der Waals surface area contributed by atoms with Gasteiger partial charge in [0.25, 0.3) is 5.91 Å². The standard InChI is InChI=1S/C22H22ClN3O3.2ClH/c23-19-13-15(25-11-8-24-9-12-25)5-6-17(19)20(27)26-10-7-22(14-26)18-4-2-1-3-16(18)21(28)29-22;;/h1-6,13,24H,7-12,14H2;2*1H/t22-;;/m0../s1. The average Bonchev–Trinajstić information content (AvgIpc) is 3.30. The number of hydrogen-bond donors (Lipinski definition) is 1. The van der Waals surface area contributed by atoms with Crippen molar-refractivity contribution in [3.63, 3.8) is 0 Å². The summed E-state index contributed by atoms with van der Waals surface area (Å²) in [5, 5.41) is 3.78. The molecule has 9 heteroatoms. The molecule has 0 radical (unpaired) electrons. The molecule has 2 aromatic carbocycles. The van der Waals surface area contributed by atoms with E-state index in [1.165, 1.54) is 0 Å². The predicted octanol–water partition coefficient (Wildman–Crippen LogP) is 3.51. The Morgan fingerprint density at radius 3 is 2.55 bits per heavy atom. The highest BCUT2D eigenvalue weighted by atomic mass is 35.5. The maximum absolute atomic E-state index is 13.2. The van der Waals surface area contributed by atoms with Gasteiger partial charge in [-0.25, -0.2) is 4.79 Å². The molecule has 3 heterocycles. The first kappa shape index (κ1) is 23.7. The number of carbonyl (C=O) groups is 2. The number of nitrogens with one attached hydrogen (secondary N) is 1. The van der Waals surface area contributed by atoms with Crippen molar-refractivity contribution in [3.8, 4) is 0 Å². The summed E-state index contributed by atoms with van der Waals surface area (Å²) >= 11 is 6.50. The maximum Gasteiger partial charge on any atom is 0.339 e. The molecule has 3 aliphatic heterocycles. The third kappa shape index (κ3) is 4.10. The molecule has 5 rings (SSSR count). The zero-order chi connectivity index (χ0) is 20.0. The predicted molar refractivity (Wildman–Crippen MR) is 125 cm³/mol. The Balaban J connectivity index is 0.00000136. The van der Waals surface area contributed by atoms with Gasteiger partial charge in [-0.15, -0.1) is 24.8 Å². The summed E-state index contributed by atoms with van der Waals surface area (Å²) < 4.78 is 5.75. The number of piperazine rings is 1. The third-order valence-electron chi connectivity index (χ3n) is 6.11. The van der Waals surface area contributed by atoms with Gasteiger partial charge < -0.3 is 19.9 Å². The molecular formula is C22H24Cl3N3O3. The minimum absolute atomic E-state index is 0. The second-order valence-corrected chi connectivity index (χ2v) is 8.21. The first-order valence-electron chi connectivity index (χ1n) is 9.95. The molecule has 2 aromatic rings. The van der Waals surface area contributed by atoms with Gasteiger partial charge in [0.05, 0.1) is 22.7 Å². The molecule has 2 fully saturated rings. The fraction of sp³-hybridized carbons (Fsp3) is 0.364. The molecular weight excluding hydrogens is 461 g/mol. The van der Waals surface area contributed by atoms with Crippen LogP contribution in [0.15, 0.2) is 42.5 Å². The van der Waals surface area contributed by atoms with Gasteiger partial charge in [0.1, 0.15) is 0 Å². The van der Waals surface area contributed by atoms with Crippen molar-refractivity contribution < 1.29 is 14.3 Å². The molecule has 2 saturated heterocycles. The smallest absolute Gasteiger partial charge is 0.339 e. The lowest BCUT2D eigenvalue weighted by molar-refractivity contribution is -0.00306. The highest BCUT2D eigenvalue weighted by molar-refractivity contribution is 6.34. The molecule has 0 aliphatic carbocycles. The number of nitrogens with zero attached hydrogens (tertiary/aromatic N) is 2. The fourth-order valence-electron chi connectivity index (χ4n) is 4.57. The summed E-state index contributed by atoms with van der Waals surface area (Å²) in [7, 11) is 0. The number of rotatable bonds is 2. The van der Waals surface area contributed by atoms with Crippen LogP contribution in [0.3, 0.4) is 0 Å². The molecule has 0 bridgehead atoms. The average molecular weight is 485 g/mol. The number of carbonyl (C=O) groups excluding carboxylic acids is 2. The Morgan fingerprint density at radius 1 is 1.06 bits per heavy atom. The SMILES string of the molecule is Cl.Cl.O=C1O[C@]2(CCN(C(=O)c3ccc(N4CCNCC4)cc3Cl)C2)c2ccccc21. The minimum atomic E-state index is -0.740. The molecule has 6 nitrogen and oxygen atoms in total. The fourth-order valence-corrected chi connectivity index (χ4v) is 4.83. The Morgan fingerprint density at radius 2 is 1.81 bits per heavy atom. The van der Waals surface area contributed by atoms with Gasteiger partial charge in [0, 0.05) is 50.4 Å². The van der Waals surface area contributed by atoms with E-state index >= 15 is 0 Å². The highest BCUT2D eigenvalue weighted by Crippen LogP contribution is 2.43. The van der Waals surface area contributed by atoms with Crippen molar-refractivity contribution >= 4 is 54.0 Å². The Labute approximate surface area is 198 Å². The van der Waals surface area contributed by atoms with E-state index in [-0.39, 0.29) is 36.7 Å². The van der Waals surface area contributed by atoms with Gasteiger partial charge >= 0.3 is 5.97 Å². The zero-order valence-electron chi connectivity index (χ0n) is 16.8. The van der Waals surface area contributed by atoms with Crippen molar-refractivity contribution in [2.45, 2.75) is 12.0 Å². The number of hydrogen-bond acceptors (Lipinski definition) is 5. The van der Waals surface area contributed by atoms with Crippen molar-refractivity contribution in [2.75, 3.05) is 44.2 Å². The largest absolute Gasteiger partial charge is 0.449 e. The molecule has 0 aromatic heterocycles. The van der Waals surface area contributed by atoms with Crippen molar-refractivity contribution in [1.82, 2.24) is 10.2 Å².